The van der Waals surface area contributed by atoms with Crippen LogP contribution in [0.3, 0.4) is 0 Å². The summed E-state index contributed by atoms with van der Waals surface area (Å²) in [6.45, 7) is 3.77. The van der Waals surface area contributed by atoms with Crippen molar-refractivity contribution in [2.45, 2.75) is 19.4 Å². The number of fused-ring (bicyclic) bond motifs is 1. The van der Waals surface area contributed by atoms with Crippen molar-refractivity contribution in [2.24, 2.45) is 0 Å². The highest BCUT2D eigenvalue weighted by molar-refractivity contribution is 14.1. The minimum atomic E-state index is -1.17. The summed E-state index contributed by atoms with van der Waals surface area (Å²) in [5.41, 5.74) is 0.240. The highest BCUT2D eigenvalue weighted by atomic mass is 127. The number of carboxylic acids is 1. The summed E-state index contributed by atoms with van der Waals surface area (Å²) < 4.78 is 2.82. The van der Waals surface area contributed by atoms with Crippen LogP contribution < -0.4 is 5.43 Å². The molecule has 22 heavy (non-hydrogen) atoms. The van der Waals surface area contributed by atoms with Crippen molar-refractivity contribution < 1.29 is 9.90 Å². The Morgan fingerprint density at radius 3 is 2.64 bits per heavy atom. The highest BCUT2D eigenvalue weighted by Gasteiger charge is 2.16. The summed E-state index contributed by atoms with van der Waals surface area (Å²) >= 11 is 2.13. The zero-order valence-electron chi connectivity index (χ0n) is 12.1. The fourth-order valence-electron chi connectivity index (χ4n) is 2.96. The third-order valence-corrected chi connectivity index (χ3v) is 4.80. The smallest absolute Gasteiger partial charge is 0.341 e. The molecule has 3 rings (SSSR count). The molecular weight excluding hydrogens is 395 g/mol. The van der Waals surface area contributed by atoms with Crippen molar-refractivity contribution in [1.29, 1.82) is 0 Å². The van der Waals surface area contributed by atoms with E-state index in [1.54, 1.807) is 6.07 Å². The summed E-state index contributed by atoms with van der Waals surface area (Å²) in [5.74, 6) is -1.17. The van der Waals surface area contributed by atoms with Crippen molar-refractivity contribution in [3.63, 3.8) is 0 Å². The van der Waals surface area contributed by atoms with Crippen LogP contribution in [0.2, 0.25) is 0 Å². The molecule has 1 saturated heterocycles. The Kier molecular flexibility index (Phi) is 4.49. The van der Waals surface area contributed by atoms with Gasteiger partial charge in [-0.15, -0.1) is 0 Å². The van der Waals surface area contributed by atoms with E-state index in [1.165, 1.54) is 19.0 Å². The maximum Gasteiger partial charge on any atom is 0.341 e. The first-order valence-corrected chi connectivity index (χ1v) is 8.42. The van der Waals surface area contributed by atoms with E-state index in [4.69, 9.17) is 0 Å². The van der Waals surface area contributed by atoms with Crippen LogP contribution in [-0.2, 0) is 6.54 Å². The molecule has 5 nitrogen and oxygen atoms in total. The number of halogens is 1. The molecule has 1 aliphatic rings. The monoisotopic (exact) mass is 412 g/mol. The highest BCUT2D eigenvalue weighted by Crippen LogP contribution is 2.16. The van der Waals surface area contributed by atoms with Gasteiger partial charge < -0.3 is 14.6 Å². The Morgan fingerprint density at radius 2 is 1.95 bits per heavy atom. The van der Waals surface area contributed by atoms with Crippen molar-refractivity contribution in [2.75, 3.05) is 19.6 Å². The molecule has 0 radical (unpaired) electrons. The van der Waals surface area contributed by atoms with Gasteiger partial charge in [-0.2, -0.15) is 0 Å². The van der Waals surface area contributed by atoms with Gasteiger partial charge in [0.1, 0.15) is 5.56 Å². The molecule has 0 aliphatic carbocycles. The Labute approximate surface area is 141 Å². The van der Waals surface area contributed by atoms with Gasteiger partial charge in [0, 0.05) is 28.2 Å². The van der Waals surface area contributed by atoms with E-state index in [2.05, 4.69) is 27.5 Å². The first-order chi connectivity index (χ1) is 10.6. The third-order valence-electron chi connectivity index (χ3n) is 4.13. The minimum absolute atomic E-state index is 0.157. The standard InChI is InChI=1S/C16H17IN2O3/c17-11-3-4-14-12(9-11)15(20)13(16(21)22)10-19(14)8-7-18-5-1-2-6-18/h3-4,9-10H,1-2,5-8H2,(H,21,22). The predicted molar refractivity (Wildman–Crippen MR) is 93.6 cm³/mol. The Morgan fingerprint density at radius 1 is 1.23 bits per heavy atom. The quantitative estimate of drug-likeness (QED) is 0.784. The Bertz CT molecular complexity index is 779. The van der Waals surface area contributed by atoms with E-state index in [9.17, 15) is 14.7 Å². The van der Waals surface area contributed by atoms with E-state index in [-0.39, 0.29) is 5.56 Å². The van der Waals surface area contributed by atoms with Crippen molar-refractivity contribution in [1.82, 2.24) is 9.47 Å². The van der Waals surface area contributed by atoms with Crippen LogP contribution in [0, 0.1) is 3.57 Å². The Hall–Kier alpha value is -1.41. The van der Waals surface area contributed by atoms with Crippen molar-refractivity contribution >= 4 is 39.5 Å². The molecule has 2 heterocycles. The number of pyridine rings is 1. The average Bonchev–Trinajstić information content (AvgIpc) is 3.00. The number of likely N-dealkylation sites (tertiary alicyclic amines) is 1. The normalized spacial score (nSPS) is 15.5. The number of rotatable bonds is 4. The molecule has 0 amide bonds. The molecule has 1 N–H and O–H groups in total. The van der Waals surface area contributed by atoms with Gasteiger partial charge >= 0.3 is 5.97 Å². The fraction of sp³-hybridized carbons (Fsp3) is 0.375. The molecular formula is C16H17IN2O3. The van der Waals surface area contributed by atoms with Gasteiger partial charge in [0.25, 0.3) is 0 Å². The van der Waals surface area contributed by atoms with E-state index in [1.807, 2.05) is 16.7 Å². The lowest BCUT2D eigenvalue weighted by Crippen LogP contribution is -2.26. The molecule has 0 spiro atoms. The van der Waals surface area contributed by atoms with Gasteiger partial charge in [0.05, 0.1) is 5.52 Å². The number of aromatic nitrogens is 1. The molecule has 0 saturated carbocycles. The fourth-order valence-corrected chi connectivity index (χ4v) is 3.45. The van der Waals surface area contributed by atoms with Crippen molar-refractivity contribution in [3.05, 3.63) is 43.8 Å². The largest absolute Gasteiger partial charge is 0.477 e. The molecule has 1 fully saturated rings. The van der Waals surface area contributed by atoms with E-state index >= 15 is 0 Å². The van der Waals surface area contributed by atoms with Gasteiger partial charge in [0.15, 0.2) is 0 Å². The number of benzene rings is 1. The number of carboxylic acid groups (broad SMARTS) is 1. The molecule has 116 valence electrons. The molecule has 1 aromatic heterocycles. The second-order valence-electron chi connectivity index (χ2n) is 5.58. The average molecular weight is 412 g/mol. The van der Waals surface area contributed by atoms with Gasteiger partial charge in [-0.25, -0.2) is 4.79 Å². The van der Waals surface area contributed by atoms with Crippen LogP contribution in [0.25, 0.3) is 10.9 Å². The van der Waals surface area contributed by atoms with Gasteiger partial charge in [-0.1, -0.05) is 0 Å². The molecule has 2 aromatic rings. The van der Waals surface area contributed by atoms with Crippen LogP contribution in [0.1, 0.15) is 23.2 Å². The van der Waals surface area contributed by atoms with E-state index in [0.29, 0.717) is 11.9 Å². The van der Waals surface area contributed by atoms with Gasteiger partial charge in [-0.3, -0.25) is 4.79 Å². The lowest BCUT2D eigenvalue weighted by atomic mass is 10.1. The van der Waals surface area contributed by atoms with Gasteiger partial charge in [-0.05, 0) is 66.7 Å². The summed E-state index contributed by atoms with van der Waals surface area (Å²) in [6, 6.07) is 5.60. The molecule has 0 unspecified atom stereocenters. The van der Waals surface area contributed by atoms with Crippen LogP contribution >= 0.6 is 22.6 Å². The van der Waals surface area contributed by atoms with Crippen LogP contribution in [0.15, 0.2) is 29.2 Å². The minimum Gasteiger partial charge on any atom is -0.477 e. The maximum atomic E-state index is 12.3. The lowest BCUT2D eigenvalue weighted by Gasteiger charge is -2.18. The summed E-state index contributed by atoms with van der Waals surface area (Å²) in [4.78, 5) is 26.0. The second kappa shape index (κ2) is 6.37. The van der Waals surface area contributed by atoms with Crippen LogP contribution in [0.4, 0.5) is 0 Å². The topological polar surface area (TPSA) is 62.5 Å². The zero-order chi connectivity index (χ0) is 15.7. The maximum absolute atomic E-state index is 12.3. The van der Waals surface area contributed by atoms with Crippen molar-refractivity contribution in [3.8, 4) is 0 Å². The number of nitrogens with zero attached hydrogens (tertiary/aromatic N) is 2. The molecule has 1 aliphatic heterocycles. The number of hydrogen-bond acceptors (Lipinski definition) is 3. The molecule has 1 aromatic carbocycles. The predicted octanol–water partition coefficient (Wildman–Crippen LogP) is 2.40. The molecule has 6 heteroatoms. The number of carbonyl (C=O) groups is 1. The van der Waals surface area contributed by atoms with Crippen LogP contribution in [-0.4, -0.2) is 40.2 Å². The van der Waals surface area contributed by atoms with Crippen LogP contribution in [0.5, 0.6) is 0 Å². The lowest BCUT2D eigenvalue weighted by molar-refractivity contribution is 0.0694. The first-order valence-electron chi connectivity index (χ1n) is 7.34. The summed E-state index contributed by atoms with van der Waals surface area (Å²) in [6.07, 6.45) is 3.93. The summed E-state index contributed by atoms with van der Waals surface area (Å²) in [5, 5.41) is 9.75. The third kappa shape index (κ3) is 3.03. The number of hydrogen-bond donors (Lipinski definition) is 1. The SMILES string of the molecule is O=C(O)c1cn(CCN2CCCC2)c2ccc(I)cc2c1=O. The molecule has 0 bridgehead atoms. The first kappa shape index (κ1) is 15.5. The number of aromatic carboxylic acids is 1. The zero-order valence-corrected chi connectivity index (χ0v) is 14.2. The summed E-state index contributed by atoms with van der Waals surface area (Å²) in [7, 11) is 0. The van der Waals surface area contributed by atoms with E-state index in [0.717, 1.165) is 28.7 Å². The van der Waals surface area contributed by atoms with E-state index < -0.39 is 11.4 Å². The second-order valence-corrected chi connectivity index (χ2v) is 6.83. The molecule has 0 atom stereocenters. The Balaban J connectivity index is 2.05. The van der Waals surface area contributed by atoms with Gasteiger partial charge in [0.2, 0.25) is 5.43 Å².